The maximum Gasteiger partial charge on any atom is 0.303 e. The van der Waals surface area contributed by atoms with Crippen molar-refractivity contribution < 1.29 is 42.9 Å². The third-order valence-electron chi connectivity index (χ3n) is 7.28. The molecule has 1 saturated carbocycles. The molecule has 1 spiro atoms. The maximum atomic E-state index is 12.8. The fourth-order valence-corrected chi connectivity index (χ4v) is 5.73. The third kappa shape index (κ3) is 2.61. The molecule has 0 aromatic rings. The maximum absolute atomic E-state index is 12.8. The number of ketones is 1. The third-order valence-corrected chi connectivity index (χ3v) is 7.28. The van der Waals surface area contributed by atoms with Crippen LogP contribution in [0.5, 0.6) is 0 Å². The van der Waals surface area contributed by atoms with Crippen molar-refractivity contribution in [2.24, 2.45) is 10.8 Å². The zero-order valence-electron chi connectivity index (χ0n) is 17.7. The first-order chi connectivity index (χ1) is 14.0. The zero-order chi connectivity index (χ0) is 22.1. The second kappa shape index (κ2) is 6.62. The van der Waals surface area contributed by atoms with Crippen LogP contribution in [0.2, 0.25) is 0 Å². The van der Waals surface area contributed by atoms with E-state index in [0.29, 0.717) is 5.57 Å². The van der Waals surface area contributed by atoms with Gasteiger partial charge in [0.15, 0.2) is 18.0 Å². The van der Waals surface area contributed by atoms with Crippen molar-refractivity contribution in [1.82, 2.24) is 0 Å². The molecule has 2 heterocycles. The molecule has 9 nitrogen and oxygen atoms in total. The lowest BCUT2D eigenvalue weighted by molar-refractivity contribution is -0.232. The van der Waals surface area contributed by atoms with Gasteiger partial charge in [-0.3, -0.25) is 19.2 Å². The molecule has 0 aromatic carbocycles. The van der Waals surface area contributed by atoms with Gasteiger partial charge in [0.1, 0.15) is 18.3 Å². The summed E-state index contributed by atoms with van der Waals surface area (Å²) < 4.78 is 29.0. The topological polar surface area (TPSA) is 118 Å². The highest BCUT2D eigenvalue weighted by Gasteiger charge is 2.87. The summed E-state index contributed by atoms with van der Waals surface area (Å²) in [5.74, 6) is -1.73. The Kier molecular flexibility index (Phi) is 4.63. The van der Waals surface area contributed by atoms with Gasteiger partial charge in [0.25, 0.3) is 0 Å². The molecule has 3 fully saturated rings. The summed E-state index contributed by atoms with van der Waals surface area (Å²) in [5.41, 5.74) is -2.45. The van der Waals surface area contributed by atoms with E-state index in [1.165, 1.54) is 20.8 Å². The van der Waals surface area contributed by atoms with Crippen LogP contribution in [0.25, 0.3) is 0 Å². The van der Waals surface area contributed by atoms with E-state index in [4.69, 9.17) is 23.7 Å². The van der Waals surface area contributed by atoms with Crippen molar-refractivity contribution in [3.63, 3.8) is 0 Å². The predicted octanol–water partition coefficient (Wildman–Crippen LogP) is 0.875. The lowest BCUT2D eigenvalue weighted by Gasteiger charge is -2.57. The molecule has 0 unspecified atom stereocenters. The van der Waals surface area contributed by atoms with E-state index in [9.17, 15) is 19.2 Å². The van der Waals surface area contributed by atoms with E-state index >= 15 is 0 Å². The molecule has 4 rings (SSSR count). The van der Waals surface area contributed by atoms with E-state index in [-0.39, 0.29) is 25.4 Å². The number of fused-ring (bicyclic) bond motifs is 2. The van der Waals surface area contributed by atoms with Gasteiger partial charge in [0.05, 0.1) is 23.5 Å². The lowest BCUT2D eigenvalue weighted by Crippen LogP contribution is -2.67. The van der Waals surface area contributed by atoms with Crippen LogP contribution in [0.1, 0.15) is 41.0 Å². The summed E-state index contributed by atoms with van der Waals surface area (Å²) >= 11 is 0. The molecule has 0 amide bonds. The second-order valence-corrected chi connectivity index (χ2v) is 8.85. The van der Waals surface area contributed by atoms with Crippen molar-refractivity contribution in [3.8, 4) is 0 Å². The minimum absolute atomic E-state index is 0.0200. The molecular formula is C21H26O9. The van der Waals surface area contributed by atoms with Gasteiger partial charge in [-0.25, -0.2) is 0 Å². The Hall–Kier alpha value is -2.26. The van der Waals surface area contributed by atoms with Crippen molar-refractivity contribution in [2.45, 2.75) is 71.1 Å². The predicted molar refractivity (Wildman–Crippen MR) is 99.0 cm³/mol. The van der Waals surface area contributed by atoms with Crippen LogP contribution in [-0.4, -0.2) is 66.9 Å². The highest BCUT2D eigenvalue weighted by atomic mass is 16.7. The van der Waals surface area contributed by atoms with E-state index in [1.54, 1.807) is 13.0 Å². The van der Waals surface area contributed by atoms with Gasteiger partial charge in [0, 0.05) is 27.2 Å². The van der Waals surface area contributed by atoms with Crippen LogP contribution in [0.4, 0.5) is 0 Å². The Morgan fingerprint density at radius 1 is 1.13 bits per heavy atom. The molecule has 30 heavy (non-hydrogen) atoms. The van der Waals surface area contributed by atoms with Crippen LogP contribution in [-0.2, 0) is 42.9 Å². The molecule has 0 radical (unpaired) electrons. The van der Waals surface area contributed by atoms with Crippen molar-refractivity contribution in [3.05, 3.63) is 11.6 Å². The SMILES string of the molecule is CC(=O)OC[C@]12CC(=O)C(C)=C[C@H]1O[C@@H]1[C@H](OC(C)=O)[C@@H](OC(C)=O)[C@@]2(C)[C@]12CO2. The van der Waals surface area contributed by atoms with Crippen LogP contribution >= 0.6 is 0 Å². The molecule has 7 atom stereocenters. The van der Waals surface area contributed by atoms with Gasteiger partial charge < -0.3 is 23.7 Å². The normalized spacial score (nSPS) is 43.5. The summed E-state index contributed by atoms with van der Waals surface area (Å²) in [5, 5.41) is 0. The highest BCUT2D eigenvalue weighted by molar-refractivity contribution is 5.96. The summed E-state index contributed by atoms with van der Waals surface area (Å²) in [4.78, 5) is 48.5. The summed E-state index contributed by atoms with van der Waals surface area (Å²) in [6.07, 6.45) is -1.42. The average molecular weight is 422 g/mol. The van der Waals surface area contributed by atoms with Gasteiger partial charge in [-0.15, -0.1) is 0 Å². The number of hydrogen-bond donors (Lipinski definition) is 0. The second-order valence-electron chi connectivity index (χ2n) is 8.85. The highest BCUT2D eigenvalue weighted by Crippen LogP contribution is 2.72. The van der Waals surface area contributed by atoms with Gasteiger partial charge in [0.2, 0.25) is 0 Å². The average Bonchev–Trinajstić information content (AvgIpc) is 3.41. The minimum atomic E-state index is -1.06. The van der Waals surface area contributed by atoms with Gasteiger partial charge in [-0.2, -0.15) is 0 Å². The quantitative estimate of drug-likeness (QED) is 0.369. The summed E-state index contributed by atoms with van der Waals surface area (Å²) in [6, 6.07) is 0. The monoisotopic (exact) mass is 422 g/mol. The number of carbonyl (C=O) groups is 4. The fraction of sp³-hybridized carbons (Fsp3) is 0.714. The standard InChI is InChI=1S/C21H26O9/c1-10-6-15-20(7-14(10)25,8-26-11(2)22)19(5)17(29-13(4)24)16(28-12(3)23)18(30-15)21(19)9-27-21/h6,15-18H,7-9H2,1-5H3/t15-,16-,17-,18-,19-,20-,21+/m1/s1. The van der Waals surface area contributed by atoms with E-state index in [1.807, 2.05) is 6.92 Å². The Bertz CT molecular complexity index is 857. The number of hydrogen-bond acceptors (Lipinski definition) is 9. The largest absolute Gasteiger partial charge is 0.465 e. The van der Waals surface area contributed by atoms with Crippen LogP contribution in [0.15, 0.2) is 11.6 Å². The van der Waals surface area contributed by atoms with E-state index < -0.39 is 58.8 Å². The number of epoxide rings is 1. The molecule has 2 aliphatic carbocycles. The van der Waals surface area contributed by atoms with E-state index in [0.717, 1.165) is 0 Å². The van der Waals surface area contributed by atoms with Gasteiger partial charge >= 0.3 is 17.9 Å². The summed E-state index contributed by atoms with van der Waals surface area (Å²) in [7, 11) is 0. The molecule has 4 aliphatic rings. The number of ether oxygens (including phenoxy) is 5. The first-order valence-electron chi connectivity index (χ1n) is 9.97. The molecule has 9 heteroatoms. The van der Waals surface area contributed by atoms with Crippen LogP contribution in [0, 0.1) is 10.8 Å². The zero-order valence-corrected chi connectivity index (χ0v) is 17.7. The molecule has 0 aromatic heterocycles. The van der Waals surface area contributed by atoms with Gasteiger partial charge in [-0.05, 0) is 18.6 Å². The smallest absolute Gasteiger partial charge is 0.303 e. The van der Waals surface area contributed by atoms with Gasteiger partial charge in [-0.1, -0.05) is 6.92 Å². The molecule has 0 N–H and O–H groups in total. The number of Topliss-reactive ketones (excluding diaryl/α,β-unsaturated/α-hetero) is 1. The molecular weight excluding hydrogens is 396 g/mol. The first kappa shape index (κ1) is 21.0. The van der Waals surface area contributed by atoms with Crippen LogP contribution in [0.3, 0.4) is 0 Å². The Morgan fingerprint density at radius 3 is 2.30 bits per heavy atom. The Labute approximate surface area is 174 Å². The molecule has 2 saturated heterocycles. The van der Waals surface area contributed by atoms with E-state index in [2.05, 4.69) is 0 Å². The Morgan fingerprint density at radius 2 is 1.77 bits per heavy atom. The number of allylic oxidation sites excluding steroid dienone is 1. The minimum Gasteiger partial charge on any atom is -0.465 e. The fourth-order valence-electron chi connectivity index (χ4n) is 5.73. The van der Waals surface area contributed by atoms with Crippen LogP contribution < -0.4 is 0 Å². The number of carbonyl (C=O) groups excluding carboxylic acids is 4. The van der Waals surface area contributed by atoms with Crippen molar-refractivity contribution in [2.75, 3.05) is 13.2 Å². The Balaban J connectivity index is 1.91. The first-order valence-corrected chi connectivity index (χ1v) is 9.97. The number of esters is 3. The van der Waals surface area contributed by atoms with Crippen molar-refractivity contribution >= 4 is 23.7 Å². The summed E-state index contributed by atoms with van der Waals surface area (Å²) in [6.45, 7) is 7.54. The lowest BCUT2D eigenvalue weighted by atomic mass is 9.51. The molecule has 164 valence electrons. The molecule has 2 aliphatic heterocycles. The van der Waals surface area contributed by atoms with Crippen molar-refractivity contribution in [1.29, 1.82) is 0 Å². The molecule has 2 bridgehead atoms. The number of rotatable bonds is 4.